The maximum Gasteiger partial charge on any atom is 0.224 e. The fourth-order valence-corrected chi connectivity index (χ4v) is 1.88. The fraction of sp³-hybridized carbons (Fsp3) is 0.0833. The Morgan fingerprint density at radius 3 is 2.44 bits per heavy atom. The molecule has 0 unspecified atom stereocenters. The Labute approximate surface area is 113 Å². The van der Waals surface area contributed by atoms with E-state index in [2.05, 4.69) is 4.98 Å². The number of halogens is 3. The van der Waals surface area contributed by atoms with Crippen LogP contribution in [0.15, 0.2) is 30.5 Å². The van der Waals surface area contributed by atoms with Crippen molar-refractivity contribution in [3.8, 4) is 11.6 Å². The van der Waals surface area contributed by atoms with Gasteiger partial charge in [0.2, 0.25) is 5.88 Å². The molecule has 1 N–H and O–H groups in total. The molecule has 0 atom stereocenters. The van der Waals surface area contributed by atoms with Crippen LogP contribution in [-0.4, -0.2) is 10.1 Å². The number of benzene rings is 1. The topological polar surface area (TPSA) is 42.4 Å². The van der Waals surface area contributed by atoms with E-state index in [1.807, 2.05) is 0 Å². The van der Waals surface area contributed by atoms with Crippen molar-refractivity contribution in [1.29, 1.82) is 0 Å². The molecule has 0 aliphatic rings. The SMILES string of the molecule is OCc1cc(F)cnc1Oc1cc(Cl)cc(Cl)c1. The van der Waals surface area contributed by atoms with Gasteiger partial charge in [0.15, 0.2) is 0 Å². The lowest BCUT2D eigenvalue weighted by molar-refractivity contribution is 0.274. The van der Waals surface area contributed by atoms with Crippen molar-refractivity contribution in [3.05, 3.63) is 51.9 Å². The van der Waals surface area contributed by atoms with Crippen LogP contribution in [0.3, 0.4) is 0 Å². The lowest BCUT2D eigenvalue weighted by Crippen LogP contribution is -1.96. The van der Waals surface area contributed by atoms with Gasteiger partial charge in [0.05, 0.1) is 12.8 Å². The molecule has 2 rings (SSSR count). The molecule has 0 saturated heterocycles. The van der Waals surface area contributed by atoms with E-state index in [9.17, 15) is 4.39 Å². The molecule has 1 aromatic carbocycles. The molecule has 18 heavy (non-hydrogen) atoms. The smallest absolute Gasteiger partial charge is 0.224 e. The third-order valence-electron chi connectivity index (χ3n) is 2.11. The molecule has 3 nitrogen and oxygen atoms in total. The number of aliphatic hydroxyl groups excluding tert-OH is 1. The minimum absolute atomic E-state index is 0.109. The summed E-state index contributed by atoms with van der Waals surface area (Å²) < 4.78 is 18.3. The van der Waals surface area contributed by atoms with Gasteiger partial charge in [0.25, 0.3) is 0 Å². The molecule has 0 fully saturated rings. The van der Waals surface area contributed by atoms with Gasteiger partial charge in [0, 0.05) is 15.6 Å². The van der Waals surface area contributed by atoms with Gasteiger partial charge in [-0.05, 0) is 24.3 Å². The lowest BCUT2D eigenvalue weighted by atomic mass is 10.3. The molecule has 0 aliphatic carbocycles. The normalized spacial score (nSPS) is 10.4. The first-order valence-electron chi connectivity index (χ1n) is 4.97. The van der Waals surface area contributed by atoms with E-state index in [-0.39, 0.29) is 18.1 Å². The summed E-state index contributed by atoms with van der Waals surface area (Å²) in [4.78, 5) is 3.76. The number of aromatic nitrogens is 1. The Morgan fingerprint density at radius 2 is 1.83 bits per heavy atom. The fourth-order valence-electron chi connectivity index (χ4n) is 1.37. The van der Waals surface area contributed by atoms with Gasteiger partial charge in [-0.1, -0.05) is 23.2 Å². The van der Waals surface area contributed by atoms with Crippen LogP contribution in [0.1, 0.15) is 5.56 Å². The first kappa shape index (κ1) is 13.1. The van der Waals surface area contributed by atoms with Crippen LogP contribution in [0, 0.1) is 5.82 Å². The first-order chi connectivity index (χ1) is 8.58. The van der Waals surface area contributed by atoms with Crippen LogP contribution < -0.4 is 4.74 Å². The quantitative estimate of drug-likeness (QED) is 0.933. The van der Waals surface area contributed by atoms with Crippen molar-refractivity contribution < 1.29 is 14.2 Å². The molecule has 1 aromatic heterocycles. The van der Waals surface area contributed by atoms with E-state index in [0.717, 1.165) is 12.3 Å². The van der Waals surface area contributed by atoms with E-state index in [1.54, 1.807) is 18.2 Å². The Kier molecular flexibility index (Phi) is 4.01. The summed E-state index contributed by atoms with van der Waals surface area (Å²) >= 11 is 11.6. The van der Waals surface area contributed by atoms with Gasteiger partial charge in [-0.2, -0.15) is 0 Å². The molecule has 94 valence electrons. The molecule has 0 bridgehead atoms. The molecular weight excluding hydrogens is 280 g/mol. The molecule has 0 amide bonds. The van der Waals surface area contributed by atoms with E-state index in [0.29, 0.717) is 15.8 Å². The van der Waals surface area contributed by atoms with Gasteiger partial charge in [-0.25, -0.2) is 9.37 Å². The average Bonchev–Trinajstić information content (AvgIpc) is 2.30. The van der Waals surface area contributed by atoms with Crippen molar-refractivity contribution in [1.82, 2.24) is 4.98 Å². The molecule has 2 aromatic rings. The minimum Gasteiger partial charge on any atom is -0.439 e. The number of aliphatic hydroxyl groups is 1. The summed E-state index contributed by atoms with van der Waals surface area (Å²) in [5, 5.41) is 9.91. The molecule has 0 aliphatic heterocycles. The molecule has 1 heterocycles. The van der Waals surface area contributed by atoms with E-state index < -0.39 is 5.82 Å². The van der Waals surface area contributed by atoms with Gasteiger partial charge < -0.3 is 9.84 Å². The minimum atomic E-state index is -0.546. The highest BCUT2D eigenvalue weighted by atomic mass is 35.5. The van der Waals surface area contributed by atoms with Crippen molar-refractivity contribution >= 4 is 23.2 Å². The third kappa shape index (κ3) is 3.10. The van der Waals surface area contributed by atoms with Crippen LogP contribution in [0.4, 0.5) is 4.39 Å². The molecule has 0 radical (unpaired) electrons. The summed E-state index contributed by atoms with van der Waals surface area (Å²) in [7, 11) is 0. The average molecular weight is 288 g/mol. The maximum absolute atomic E-state index is 12.9. The number of nitrogens with zero attached hydrogens (tertiary/aromatic N) is 1. The number of pyridine rings is 1. The second kappa shape index (κ2) is 5.52. The Bertz CT molecular complexity index is 558. The van der Waals surface area contributed by atoms with Crippen LogP contribution in [0.5, 0.6) is 11.6 Å². The number of rotatable bonds is 3. The summed E-state index contributed by atoms with van der Waals surface area (Å²) in [6, 6.07) is 5.79. The van der Waals surface area contributed by atoms with Crippen LogP contribution in [0.25, 0.3) is 0 Å². The summed E-state index contributed by atoms with van der Waals surface area (Å²) in [6.07, 6.45) is 1.00. The predicted octanol–water partition coefficient (Wildman–Crippen LogP) is 3.81. The zero-order valence-corrected chi connectivity index (χ0v) is 10.5. The largest absolute Gasteiger partial charge is 0.439 e. The highest BCUT2D eigenvalue weighted by Gasteiger charge is 2.08. The molecule has 6 heteroatoms. The van der Waals surface area contributed by atoms with Crippen LogP contribution >= 0.6 is 23.2 Å². The van der Waals surface area contributed by atoms with E-state index in [4.69, 9.17) is 33.0 Å². The van der Waals surface area contributed by atoms with E-state index >= 15 is 0 Å². The van der Waals surface area contributed by atoms with Crippen molar-refractivity contribution in [2.75, 3.05) is 0 Å². The molecule has 0 saturated carbocycles. The second-order valence-electron chi connectivity index (χ2n) is 3.48. The standard InChI is InChI=1S/C12H8Cl2FNO2/c13-8-2-9(14)4-11(3-8)18-12-7(6-17)1-10(15)5-16-12/h1-5,17H,6H2. The third-order valence-corrected chi connectivity index (χ3v) is 2.55. The van der Waals surface area contributed by atoms with Gasteiger partial charge in [-0.15, -0.1) is 0 Å². The van der Waals surface area contributed by atoms with Crippen molar-refractivity contribution in [3.63, 3.8) is 0 Å². The number of hydrogen-bond acceptors (Lipinski definition) is 3. The zero-order chi connectivity index (χ0) is 13.1. The Balaban J connectivity index is 2.33. The van der Waals surface area contributed by atoms with Crippen LogP contribution in [0.2, 0.25) is 10.0 Å². The van der Waals surface area contributed by atoms with Crippen molar-refractivity contribution in [2.45, 2.75) is 6.61 Å². The zero-order valence-electron chi connectivity index (χ0n) is 9.03. The second-order valence-corrected chi connectivity index (χ2v) is 4.36. The van der Waals surface area contributed by atoms with Gasteiger partial charge >= 0.3 is 0 Å². The van der Waals surface area contributed by atoms with Gasteiger partial charge in [-0.3, -0.25) is 0 Å². The van der Waals surface area contributed by atoms with Gasteiger partial charge in [0.1, 0.15) is 11.6 Å². The summed E-state index contributed by atoms with van der Waals surface area (Å²) in [5.41, 5.74) is 0.242. The Morgan fingerprint density at radius 1 is 1.17 bits per heavy atom. The maximum atomic E-state index is 12.9. The summed E-state index contributed by atoms with van der Waals surface area (Å²) in [6.45, 7) is -0.381. The highest BCUT2D eigenvalue weighted by Crippen LogP contribution is 2.29. The first-order valence-corrected chi connectivity index (χ1v) is 5.73. The molecular formula is C12H8Cl2FNO2. The number of ether oxygens (including phenoxy) is 1. The monoisotopic (exact) mass is 287 g/mol. The highest BCUT2D eigenvalue weighted by molar-refractivity contribution is 6.34. The Hall–Kier alpha value is -1.36. The molecule has 0 spiro atoms. The van der Waals surface area contributed by atoms with E-state index in [1.165, 1.54) is 0 Å². The predicted molar refractivity (Wildman–Crippen MR) is 66.7 cm³/mol. The van der Waals surface area contributed by atoms with Crippen LogP contribution in [-0.2, 0) is 6.61 Å². The lowest BCUT2D eigenvalue weighted by Gasteiger charge is -2.09. The van der Waals surface area contributed by atoms with Crippen molar-refractivity contribution in [2.24, 2.45) is 0 Å². The number of hydrogen-bond donors (Lipinski definition) is 1. The summed E-state index contributed by atoms with van der Waals surface area (Å²) in [5.74, 6) is -0.0749.